The molecule has 1 heterocycles. The van der Waals surface area contributed by atoms with Crippen LogP contribution in [0.15, 0.2) is 72.8 Å². The molecule has 0 saturated heterocycles. The van der Waals surface area contributed by atoms with Crippen molar-refractivity contribution in [1.29, 1.82) is 0 Å². The first kappa shape index (κ1) is 28.2. The van der Waals surface area contributed by atoms with E-state index in [0.29, 0.717) is 6.42 Å². The highest BCUT2D eigenvalue weighted by Gasteiger charge is 2.32. The average Bonchev–Trinajstić information content (AvgIpc) is 2.88. The maximum absolute atomic E-state index is 7.06. The van der Waals surface area contributed by atoms with Crippen LogP contribution < -0.4 is 19.1 Å². The highest BCUT2D eigenvalue weighted by atomic mass is 31.2. The predicted octanol–water partition coefficient (Wildman–Crippen LogP) is 9.57. The Labute approximate surface area is 241 Å². The number of methoxy groups -OCH3 is 1. The Morgan fingerprint density at radius 1 is 0.675 bits per heavy atom. The van der Waals surface area contributed by atoms with E-state index in [-0.39, 0.29) is 10.8 Å². The Hall–Kier alpha value is -3.29. The van der Waals surface area contributed by atoms with E-state index < -0.39 is 8.38 Å². The number of ether oxygens (including phenoxy) is 1. The van der Waals surface area contributed by atoms with Crippen molar-refractivity contribution in [2.75, 3.05) is 7.11 Å². The molecule has 1 unspecified atom stereocenters. The molecule has 4 aromatic rings. The SMILES string of the molecule is COc1c(Cc2cc(C)cc(C(C)(C)C)c2OP2Oc3ccccc3-c3ccccc32)cc(C)cc1C(C)(C)C. The van der Waals surface area contributed by atoms with Crippen molar-refractivity contribution in [2.24, 2.45) is 0 Å². The molecule has 1 aliphatic heterocycles. The Kier molecular flexibility index (Phi) is 7.48. The van der Waals surface area contributed by atoms with Crippen LogP contribution in [0.3, 0.4) is 0 Å². The summed E-state index contributed by atoms with van der Waals surface area (Å²) in [5.41, 5.74) is 9.32. The molecule has 0 fully saturated rings. The van der Waals surface area contributed by atoms with Crippen LogP contribution in [0.25, 0.3) is 11.1 Å². The largest absolute Gasteiger partial charge is 0.496 e. The Bertz CT molecular complexity index is 1560. The molecule has 0 bridgehead atoms. The highest BCUT2D eigenvalue weighted by Crippen LogP contribution is 2.52. The highest BCUT2D eigenvalue weighted by molar-refractivity contribution is 7.57. The first-order chi connectivity index (χ1) is 18.9. The summed E-state index contributed by atoms with van der Waals surface area (Å²) in [6.07, 6.45) is 0.704. The van der Waals surface area contributed by atoms with Crippen LogP contribution in [-0.2, 0) is 17.3 Å². The molecule has 1 aliphatic rings. The normalized spacial score (nSPS) is 14.7. The molecule has 0 radical (unpaired) electrons. The minimum absolute atomic E-state index is 0.0368. The smallest absolute Gasteiger partial charge is 0.326 e. The molecule has 0 amide bonds. The standard InChI is InChI=1S/C36H41O3P/c1-23-18-25(33(37-9)29(20-23)35(3,4)5)22-26-19-24(2)21-30(36(6,7)8)34(26)39-40-32-17-13-11-15-28(32)27-14-10-12-16-31(27)38-40/h10-21H,22H2,1-9H3. The maximum Gasteiger partial charge on any atom is 0.326 e. The monoisotopic (exact) mass is 552 g/mol. The fourth-order valence-corrected chi connectivity index (χ4v) is 7.10. The van der Waals surface area contributed by atoms with Gasteiger partial charge in [-0.2, -0.15) is 0 Å². The first-order valence-electron chi connectivity index (χ1n) is 14.0. The van der Waals surface area contributed by atoms with Crippen molar-refractivity contribution < 1.29 is 13.8 Å². The summed E-state index contributed by atoms with van der Waals surface area (Å²) in [6.45, 7) is 17.8. The second-order valence-electron chi connectivity index (χ2n) is 12.9. The summed E-state index contributed by atoms with van der Waals surface area (Å²) >= 11 is 0. The van der Waals surface area contributed by atoms with Gasteiger partial charge in [0, 0.05) is 23.1 Å². The zero-order chi connectivity index (χ0) is 28.8. The molecule has 4 aromatic carbocycles. The van der Waals surface area contributed by atoms with Crippen LogP contribution in [-0.4, -0.2) is 7.11 Å². The number of para-hydroxylation sites is 1. The van der Waals surface area contributed by atoms with E-state index in [1.807, 2.05) is 12.1 Å². The number of hydrogen-bond acceptors (Lipinski definition) is 3. The molecule has 0 saturated carbocycles. The van der Waals surface area contributed by atoms with Gasteiger partial charge in [-0.25, -0.2) is 0 Å². The maximum atomic E-state index is 7.06. The van der Waals surface area contributed by atoms with E-state index in [0.717, 1.165) is 33.7 Å². The third-order valence-corrected chi connectivity index (χ3v) is 8.95. The van der Waals surface area contributed by atoms with E-state index in [1.54, 1.807) is 7.11 Å². The van der Waals surface area contributed by atoms with Gasteiger partial charge in [-0.05, 0) is 53.5 Å². The predicted molar refractivity (Wildman–Crippen MR) is 169 cm³/mol. The zero-order valence-electron chi connectivity index (χ0n) is 25.3. The van der Waals surface area contributed by atoms with Crippen molar-refractivity contribution in [3.05, 3.63) is 106 Å². The van der Waals surface area contributed by atoms with Crippen LogP contribution in [0.5, 0.6) is 17.2 Å². The molecule has 5 rings (SSSR count). The van der Waals surface area contributed by atoms with Crippen LogP contribution in [0.1, 0.15) is 74.9 Å². The van der Waals surface area contributed by atoms with Crippen molar-refractivity contribution >= 4 is 13.7 Å². The van der Waals surface area contributed by atoms with Crippen molar-refractivity contribution in [2.45, 2.75) is 72.6 Å². The van der Waals surface area contributed by atoms with Gasteiger partial charge in [-0.1, -0.05) is 113 Å². The lowest BCUT2D eigenvalue weighted by Gasteiger charge is -2.31. The summed E-state index contributed by atoms with van der Waals surface area (Å²) in [5.74, 6) is 2.74. The van der Waals surface area contributed by atoms with Crippen molar-refractivity contribution in [1.82, 2.24) is 0 Å². The average molecular weight is 553 g/mol. The van der Waals surface area contributed by atoms with Gasteiger partial charge in [0.15, 0.2) is 0 Å². The van der Waals surface area contributed by atoms with Gasteiger partial charge in [0.05, 0.1) is 12.4 Å². The minimum atomic E-state index is -1.39. The molecule has 0 spiro atoms. The fraction of sp³-hybridized carbons (Fsp3) is 0.333. The van der Waals surface area contributed by atoms with E-state index in [1.165, 1.54) is 33.4 Å². The fourth-order valence-electron chi connectivity index (χ4n) is 5.55. The molecule has 40 heavy (non-hydrogen) atoms. The van der Waals surface area contributed by atoms with Gasteiger partial charge in [0.2, 0.25) is 0 Å². The van der Waals surface area contributed by atoms with Gasteiger partial charge >= 0.3 is 8.38 Å². The lowest BCUT2D eigenvalue weighted by Crippen LogP contribution is -2.20. The van der Waals surface area contributed by atoms with Gasteiger partial charge < -0.3 is 13.8 Å². The van der Waals surface area contributed by atoms with Gasteiger partial charge in [0.1, 0.15) is 17.2 Å². The summed E-state index contributed by atoms with van der Waals surface area (Å²) in [6, 6.07) is 25.8. The summed E-state index contributed by atoms with van der Waals surface area (Å²) in [7, 11) is 0.395. The Morgan fingerprint density at radius 2 is 1.20 bits per heavy atom. The summed E-state index contributed by atoms with van der Waals surface area (Å²) in [5, 5.41) is 1.10. The topological polar surface area (TPSA) is 27.7 Å². The summed E-state index contributed by atoms with van der Waals surface area (Å²) in [4.78, 5) is 0. The molecule has 0 aromatic heterocycles. The number of benzene rings is 4. The van der Waals surface area contributed by atoms with Crippen LogP contribution >= 0.6 is 8.38 Å². The minimum Gasteiger partial charge on any atom is -0.496 e. The zero-order valence-corrected chi connectivity index (χ0v) is 26.2. The quantitative estimate of drug-likeness (QED) is 0.231. The Balaban J connectivity index is 1.66. The van der Waals surface area contributed by atoms with Crippen LogP contribution in [0, 0.1) is 13.8 Å². The second-order valence-corrected chi connectivity index (χ2v) is 14.3. The van der Waals surface area contributed by atoms with Crippen LogP contribution in [0.4, 0.5) is 0 Å². The molecule has 0 aliphatic carbocycles. The lowest BCUT2D eigenvalue weighted by molar-refractivity contribution is 0.393. The lowest BCUT2D eigenvalue weighted by atomic mass is 9.81. The third kappa shape index (κ3) is 5.50. The molecule has 1 atom stereocenters. The number of rotatable bonds is 5. The van der Waals surface area contributed by atoms with Crippen molar-refractivity contribution in [3.63, 3.8) is 0 Å². The molecule has 208 valence electrons. The number of fused-ring (bicyclic) bond motifs is 3. The van der Waals surface area contributed by atoms with E-state index in [4.69, 9.17) is 13.8 Å². The summed E-state index contributed by atoms with van der Waals surface area (Å²) < 4.78 is 19.7. The molecular weight excluding hydrogens is 511 g/mol. The van der Waals surface area contributed by atoms with Gasteiger partial charge in [-0.15, -0.1) is 0 Å². The van der Waals surface area contributed by atoms with E-state index in [2.05, 4.69) is 116 Å². The van der Waals surface area contributed by atoms with E-state index >= 15 is 0 Å². The Morgan fingerprint density at radius 3 is 1.80 bits per heavy atom. The van der Waals surface area contributed by atoms with Gasteiger partial charge in [0.25, 0.3) is 0 Å². The number of aryl methyl sites for hydroxylation is 2. The number of hydrogen-bond donors (Lipinski definition) is 0. The molecule has 0 N–H and O–H groups in total. The molecule has 3 nitrogen and oxygen atoms in total. The third-order valence-electron chi connectivity index (χ3n) is 7.45. The molecule has 4 heteroatoms. The van der Waals surface area contributed by atoms with Crippen molar-refractivity contribution in [3.8, 4) is 28.4 Å². The van der Waals surface area contributed by atoms with Crippen LogP contribution in [0.2, 0.25) is 0 Å². The van der Waals surface area contributed by atoms with Gasteiger partial charge in [-0.3, -0.25) is 0 Å². The molecular formula is C36H41O3P. The van der Waals surface area contributed by atoms with E-state index in [9.17, 15) is 0 Å². The second kappa shape index (κ2) is 10.6. The first-order valence-corrected chi connectivity index (χ1v) is 15.2.